The van der Waals surface area contributed by atoms with Gasteiger partial charge in [-0.1, -0.05) is 50.7 Å². The minimum atomic E-state index is -0.320. The summed E-state index contributed by atoms with van der Waals surface area (Å²) in [5.41, 5.74) is 3.12. The zero-order valence-electron chi connectivity index (χ0n) is 13.8. The number of carbonyl (C=O) groups is 1. The van der Waals surface area contributed by atoms with Gasteiger partial charge >= 0.3 is 0 Å². The molecule has 0 spiro atoms. The second-order valence-electron chi connectivity index (χ2n) is 7.32. The molecule has 0 amide bonds. The van der Waals surface area contributed by atoms with E-state index in [-0.39, 0.29) is 11.7 Å². The van der Waals surface area contributed by atoms with Gasteiger partial charge in [-0.15, -0.1) is 0 Å². The van der Waals surface area contributed by atoms with E-state index in [1.165, 1.54) is 38.5 Å². The van der Waals surface area contributed by atoms with E-state index in [9.17, 15) is 9.90 Å². The maximum atomic E-state index is 11.4. The third kappa shape index (κ3) is 4.09. The molecule has 0 radical (unpaired) electrons. The third-order valence-corrected chi connectivity index (χ3v) is 5.80. The Morgan fingerprint density at radius 3 is 1.74 bits per heavy atom. The smallest absolute Gasteiger partial charge is 0.226 e. The summed E-state index contributed by atoms with van der Waals surface area (Å²) in [6.07, 6.45) is 12.4. The summed E-state index contributed by atoms with van der Waals surface area (Å²) < 4.78 is 0. The molecule has 2 nitrogen and oxygen atoms in total. The topological polar surface area (TPSA) is 37.3 Å². The van der Waals surface area contributed by atoms with Gasteiger partial charge in [0, 0.05) is 6.42 Å². The number of carbonyl (C=O) groups excluding carboxylic acids is 1. The van der Waals surface area contributed by atoms with Crippen LogP contribution in [0.1, 0.15) is 92.7 Å². The highest BCUT2D eigenvalue weighted by molar-refractivity contribution is 6.63. The van der Waals surface area contributed by atoms with Gasteiger partial charge in [0.15, 0.2) is 0 Å². The first-order chi connectivity index (χ1) is 11.1. The van der Waals surface area contributed by atoms with Crippen molar-refractivity contribution in [3.63, 3.8) is 0 Å². The zero-order chi connectivity index (χ0) is 16.2. The van der Waals surface area contributed by atoms with Crippen molar-refractivity contribution in [2.24, 2.45) is 0 Å². The molecule has 2 aliphatic carbocycles. The normalized spacial score (nSPS) is 20.6. The van der Waals surface area contributed by atoms with Crippen LogP contribution in [-0.2, 0) is 11.2 Å². The lowest BCUT2D eigenvalue weighted by molar-refractivity contribution is -0.111. The number of aromatic hydroxyl groups is 1. The molecule has 0 saturated heterocycles. The van der Waals surface area contributed by atoms with Crippen LogP contribution in [0.15, 0.2) is 12.1 Å². The maximum absolute atomic E-state index is 11.4. The van der Waals surface area contributed by atoms with Crippen LogP contribution in [0, 0.1) is 0 Å². The summed E-state index contributed by atoms with van der Waals surface area (Å²) in [7, 11) is 0. The van der Waals surface area contributed by atoms with Crippen molar-refractivity contribution in [2.75, 3.05) is 0 Å². The SMILES string of the molecule is O=C(Cl)Cc1cc(C2CCCCC2)c(O)c(C2CCCCC2)c1. The Morgan fingerprint density at radius 2 is 1.35 bits per heavy atom. The van der Waals surface area contributed by atoms with E-state index in [0.29, 0.717) is 17.6 Å². The summed E-state index contributed by atoms with van der Waals surface area (Å²) in [6, 6.07) is 4.08. The Hall–Kier alpha value is -1.02. The van der Waals surface area contributed by atoms with Crippen LogP contribution in [0.2, 0.25) is 0 Å². The van der Waals surface area contributed by atoms with Crippen molar-refractivity contribution < 1.29 is 9.90 Å². The van der Waals surface area contributed by atoms with Gasteiger partial charge in [-0.2, -0.15) is 0 Å². The predicted molar refractivity (Wildman–Crippen MR) is 94.3 cm³/mol. The van der Waals surface area contributed by atoms with E-state index in [4.69, 9.17) is 11.6 Å². The van der Waals surface area contributed by atoms with Crippen molar-refractivity contribution in [3.05, 3.63) is 28.8 Å². The molecule has 0 aliphatic heterocycles. The molecule has 1 aromatic rings. The van der Waals surface area contributed by atoms with Crippen LogP contribution in [0.25, 0.3) is 0 Å². The number of hydrogen-bond donors (Lipinski definition) is 1. The lowest BCUT2D eigenvalue weighted by Gasteiger charge is -2.28. The second kappa shape index (κ2) is 7.70. The summed E-state index contributed by atoms with van der Waals surface area (Å²) in [4.78, 5) is 11.4. The molecule has 0 bridgehead atoms. The van der Waals surface area contributed by atoms with E-state index < -0.39 is 0 Å². The molecule has 23 heavy (non-hydrogen) atoms. The van der Waals surface area contributed by atoms with Crippen LogP contribution in [-0.4, -0.2) is 10.3 Å². The molecule has 1 aromatic carbocycles. The quantitative estimate of drug-likeness (QED) is 0.707. The lowest BCUT2D eigenvalue weighted by Crippen LogP contribution is -2.10. The number of hydrogen-bond acceptors (Lipinski definition) is 2. The molecule has 3 rings (SSSR count). The van der Waals surface area contributed by atoms with Crippen LogP contribution < -0.4 is 0 Å². The molecule has 126 valence electrons. The maximum Gasteiger partial charge on any atom is 0.226 e. The fourth-order valence-electron chi connectivity index (χ4n) is 4.46. The summed E-state index contributed by atoms with van der Waals surface area (Å²) in [5.74, 6) is 1.39. The fraction of sp³-hybridized carbons (Fsp3) is 0.650. The molecule has 2 aliphatic rings. The van der Waals surface area contributed by atoms with Gasteiger partial charge in [0.1, 0.15) is 5.75 Å². The molecule has 2 saturated carbocycles. The Morgan fingerprint density at radius 1 is 0.913 bits per heavy atom. The molecule has 0 unspecified atom stereocenters. The van der Waals surface area contributed by atoms with Crippen LogP contribution in [0.4, 0.5) is 0 Å². The van der Waals surface area contributed by atoms with Crippen molar-refractivity contribution in [2.45, 2.75) is 82.5 Å². The number of phenolic OH excluding ortho intramolecular Hbond substituents is 1. The Balaban J connectivity index is 1.97. The van der Waals surface area contributed by atoms with Gasteiger partial charge in [0.25, 0.3) is 0 Å². The first kappa shape index (κ1) is 16.8. The third-order valence-electron chi connectivity index (χ3n) is 5.66. The van der Waals surface area contributed by atoms with Crippen molar-refractivity contribution >= 4 is 16.8 Å². The van der Waals surface area contributed by atoms with Crippen LogP contribution >= 0.6 is 11.6 Å². The second-order valence-corrected chi connectivity index (χ2v) is 7.75. The Labute approximate surface area is 144 Å². The monoisotopic (exact) mass is 334 g/mol. The minimum Gasteiger partial charge on any atom is -0.507 e. The number of phenols is 1. The van der Waals surface area contributed by atoms with E-state index in [1.807, 2.05) is 12.1 Å². The van der Waals surface area contributed by atoms with Gasteiger partial charge in [-0.05, 0) is 65.8 Å². The molecule has 0 aromatic heterocycles. The van der Waals surface area contributed by atoms with Gasteiger partial charge in [0.2, 0.25) is 5.24 Å². The largest absolute Gasteiger partial charge is 0.507 e. The van der Waals surface area contributed by atoms with Gasteiger partial charge in [-0.25, -0.2) is 0 Å². The summed E-state index contributed by atoms with van der Waals surface area (Å²) >= 11 is 5.63. The van der Waals surface area contributed by atoms with Crippen molar-refractivity contribution in [3.8, 4) is 5.75 Å². The van der Waals surface area contributed by atoms with Gasteiger partial charge < -0.3 is 5.11 Å². The molecule has 0 heterocycles. The fourth-order valence-corrected chi connectivity index (χ4v) is 4.61. The minimum absolute atomic E-state index is 0.265. The highest BCUT2D eigenvalue weighted by atomic mass is 35.5. The summed E-state index contributed by atoms with van der Waals surface area (Å²) in [6.45, 7) is 0. The standard InChI is InChI=1S/C20H27ClO2/c21-19(22)13-14-11-17(15-7-3-1-4-8-15)20(23)18(12-14)16-9-5-2-6-10-16/h11-12,15-16,23H,1-10,13H2. The first-order valence-electron chi connectivity index (χ1n) is 9.19. The molecule has 0 atom stereocenters. The average molecular weight is 335 g/mol. The number of benzene rings is 1. The molecular weight excluding hydrogens is 308 g/mol. The molecule has 1 N–H and O–H groups in total. The van der Waals surface area contributed by atoms with Crippen LogP contribution in [0.5, 0.6) is 5.75 Å². The van der Waals surface area contributed by atoms with E-state index in [2.05, 4.69) is 0 Å². The van der Waals surface area contributed by atoms with Crippen LogP contribution in [0.3, 0.4) is 0 Å². The average Bonchev–Trinajstić information content (AvgIpc) is 2.57. The Bertz CT molecular complexity index is 516. The number of rotatable bonds is 4. The van der Waals surface area contributed by atoms with Crippen molar-refractivity contribution in [1.82, 2.24) is 0 Å². The Kier molecular flexibility index (Phi) is 5.63. The molecule has 3 heteroatoms. The zero-order valence-corrected chi connectivity index (χ0v) is 14.6. The predicted octanol–water partition coefficient (Wildman–Crippen LogP) is 5.80. The molecular formula is C20H27ClO2. The lowest BCUT2D eigenvalue weighted by atomic mass is 9.78. The highest BCUT2D eigenvalue weighted by Gasteiger charge is 2.25. The van der Waals surface area contributed by atoms with Crippen molar-refractivity contribution in [1.29, 1.82) is 0 Å². The van der Waals surface area contributed by atoms with Gasteiger partial charge in [-0.3, -0.25) is 4.79 Å². The van der Waals surface area contributed by atoms with E-state index in [1.54, 1.807) is 0 Å². The van der Waals surface area contributed by atoms with E-state index >= 15 is 0 Å². The molecule has 2 fully saturated rings. The number of halogens is 1. The summed E-state index contributed by atoms with van der Waals surface area (Å²) in [5, 5.41) is 10.6. The van der Waals surface area contributed by atoms with Gasteiger partial charge in [0.05, 0.1) is 0 Å². The van der Waals surface area contributed by atoms with E-state index in [0.717, 1.165) is 42.4 Å². The highest BCUT2D eigenvalue weighted by Crippen LogP contribution is 2.44. The first-order valence-corrected chi connectivity index (χ1v) is 9.57.